The summed E-state index contributed by atoms with van der Waals surface area (Å²) in [5.74, 6) is 1.32. The van der Waals surface area contributed by atoms with Crippen LogP contribution in [-0.2, 0) is 4.79 Å². The Morgan fingerprint density at radius 2 is 2.06 bits per heavy atom. The molecule has 166 valence electrons. The molecular formula is C24H30ClN3O2S. The molecule has 7 heteroatoms. The number of methoxy groups -OCH3 is 1. The summed E-state index contributed by atoms with van der Waals surface area (Å²) in [5, 5.41) is 4.76. The number of thioether (sulfide) groups is 1. The Morgan fingerprint density at radius 3 is 2.71 bits per heavy atom. The van der Waals surface area contributed by atoms with Gasteiger partial charge in [0, 0.05) is 28.2 Å². The molecule has 1 aliphatic rings. The number of nitrogens with zero attached hydrogens (tertiary/aromatic N) is 2. The van der Waals surface area contributed by atoms with E-state index in [2.05, 4.69) is 49.2 Å². The van der Waals surface area contributed by atoms with E-state index >= 15 is 0 Å². The predicted octanol–water partition coefficient (Wildman–Crippen LogP) is 5.70. The van der Waals surface area contributed by atoms with E-state index in [1.54, 1.807) is 13.3 Å². The molecule has 0 aromatic heterocycles. The minimum Gasteiger partial charge on any atom is -0.497 e. The van der Waals surface area contributed by atoms with Gasteiger partial charge in [-0.15, -0.1) is 11.8 Å². The number of hydrogen-bond donors (Lipinski definition) is 1. The van der Waals surface area contributed by atoms with Gasteiger partial charge in [0.2, 0.25) is 5.91 Å². The zero-order valence-electron chi connectivity index (χ0n) is 18.7. The summed E-state index contributed by atoms with van der Waals surface area (Å²) in [6.45, 7) is 9.90. The second-order valence-electron chi connectivity index (χ2n) is 8.35. The number of amides is 1. The van der Waals surface area contributed by atoms with Crippen LogP contribution in [0, 0.1) is 0 Å². The molecule has 1 heterocycles. The molecule has 3 rings (SSSR count). The largest absolute Gasteiger partial charge is 0.497 e. The Hall–Kier alpha value is -2.18. The fraction of sp³-hybridized carbons (Fsp3) is 0.417. The summed E-state index contributed by atoms with van der Waals surface area (Å²) in [6.07, 6.45) is 2.70. The van der Waals surface area contributed by atoms with E-state index in [0.717, 1.165) is 29.2 Å². The Bertz CT molecular complexity index is 960. The fourth-order valence-corrected chi connectivity index (χ4v) is 5.14. The lowest BCUT2D eigenvalue weighted by atomic mass is 9.79. The molecular weight excluding hydrogens is 430 g/mol. The van der Waals surface area contributed by atoms with Gasteiger partial charge >= 0.3 is 0 Å². The molecule has 1 aliphatic heterocycles. The first kappa shape index (κ1) is 23.5. The number of carbonyl (C=O) groups excluding carboxylic acids is 1. The highest BCUT2D eigenvalue weighted by Crippen LogP contribution is 2.44. The van der Waals surface area contributed by atoms with Gasteiger partial charge in [-0.25, -0.2) is 5.43 Å². The number of halogens is 1. The Morgan fingerprint density at radius 1 is 1.35 bits per heavy atom. The van der Waals surface area contributed by atoms with Crippen molar-refractivity contribution in [1.82, 2.24) is 5.43 Å². The summed E-state index contributed by atoms with van der Waals surface area (Å²) in [5.41, 5.74) is 5.96. The molecule has 1 amide bonds. The van der Waals surface area contributed by atoms with E-state index in [4.69, 9.17) is 16.3 Å². The van der Waals surface area contributed by atoms with Crippen LogP contribution in [0.25, 0.3) is 0 Å². The zero-order chi connectivity index (χ0) is 22.6. The van der Waals surface area contributed by atoms with E-state index in [0.29, 0.717) is 10.9 Å². The Balaban J connectivity index is 1.64. The van der Waals surface area contributed by atoms with Crippen molar-refractivity contribution in [3.8, 4) is 5.75 Å². The zero-order valence-corrected chi connectivity index (χ0v) is 20.3. The molecule has 1 atom stereocenters. The van der Waals surface area contributed by atoms with Crippen LogP contribution in [0.4, 0.5) is 5.69 Å². The van der Waals surface area contributed by atoms with Crippen molar-refractivity contribution < 1.29 is 9.53 Å². The van der Waals surface area contributed by atoms with E-state index in [9.17, 15) is 4.79 Å². The Kier molecular flexibility index (Phi) is 7.55. The number of carbonyl (C=O) groups is 1. The molecule has 0 saturated carbocycles. The maximum Gasteiger partial charge on any atom is 0.250 e. The molecule has 0 bridgehead atoms. The first-order chi connectivity index (χ1) is 14.7. The van der Waals surface area contributed by atoms with Crippen molar-refractivity contribution in [3.05, 3.63) is 52.5 Å². The standard InChI is InChI=1S/C24H30ClN3O2S/c1-6-28-22-12-21(25)17(11-20(22)16(2)13-24(28,3)4)14-26-27-23(29)15-31-19-9-7-18(30-5)8-10-19/h7-12,14,16H,6,13,15H2,1-5H3,(H,27,29)/b26-14+. The maximum absolute atomic E-state index is 12.1. The third-order valence-corrected chi connectivity index (χ3v) is 6.98. The highest BCUT2D eigenvalue weighted by atomic mass is 35.5. The van der Waals surface area contributed by atoms with Gasteiger partial charge in [-0.1, -0.05) is 18.5 Å². The minimum atomic E-state index is -0.168. The number of hydrogen-bond acceptors (Lipinski definition) is 5. The van der Waals surface area contributed by atoms with Gasteiger partial charge < -0.3 is 9.64 Å². The van der Waals surface area contributed by atoms with Gasteiger partial charge in [-0.2, -0.15) is 5.10 Å². The quantitative estimate of drug-likeness (QED) is 0.327. The van der Waals surface area contributed by atoms with Gasteiger partial charge in [0.15, 0.2) is 0 Å². The lowest BCUT2D eigenvalue weighted by Crippen LogP contribution is -2.48. The molecule has 1 unspecified atom stereocenters. The lowest BCUT2D eigenvalue weighted by Gasteiger charge is -2.47. The first-order valence-corrected chi connectivity index (χ1v) is 11.8. The van der Waals surface area contributed by atoms with Crippen molar-refractivity contribution in [2.45, 2.75) is 50.5 Å². The molecule has 0 saturated heterocycles. The van der Waals surface area contributed by atoms with Crippen LogP contribution in [-0.4, -0.2) is 37.1 Å². The monoisotopic (exact) mass is 459 g/mol. The number of benzene rings is 2. The SMILES string of the molecule is CCN1c2cc(Cl)c(/C=N/NC(=O)CSc3ccc(OC)cc3)cc2C(C)CC1(C)C. The van der Waals surface area contributed by atoms with Crippen LogP contribution in [0.1, 0.15) is 51.2 Å². The number of rotatable bonds is 7. The molecule has 0 radical (unpaired) electrons. The number of ether oxygens (including phenoxy) is 1. The third kappa shape index (κ3) is 5.55. The van der Waals surface area contributed by atoms with Gasteiger partial charge in [0.1, 0.15) is 5.75 Å². The van der Waals surface area contributed by atoms with E-state index in [-0.39, 0.29) is 17.2 Å². The summed E-state index contributed by atoms with van der Waals surface area (Å²) in [6, 6.07) is 11.7. The normalized spacial score (nSPS) is 17.5. The number of hydrazone groups is 1. The second kappa shape index (κ2) is 9.96. The smallest absolute Gasteiger partial charge is 0.250 e. The number of nitrogens with one attached hydrogen (secondary N) is 1. The van der Waals surface area contributed by atoms with Gasteiger partial charge in [0.05, 0.1) is 24.1 Å². The summed E-state index contributed by atoms with van der Waals surface area (Å²) >= 11 is 8.01. The maximum atomic E-state index is 12.1. The molecule has 0 spiro atoms. The lowest BCUT2D eigenvalue weighted by molar-refractivity contribution is -0.118. The van der Waals surface area contributed by atoms with Crippen molar-refractivity contribution in [1.29, 1.82) is 0 Å². The number of fused-ring (bicyclic) bond motifs is 1. The van der Waals surface area contributed by atoms with E-state index in [1.807, 2.05) is 30.3 Å². The second-order valence-corrected chi connectivity index (χ2v) is 9.81. The summed E-state index contributed by atoms with van der Waals surface area (Å²) in [7, 11) is 1.63. The van der Waals surface area contributed by atoms with Crippen molar-refractivity contribution in [2.75, 3.05) is 24.3 Å². The number of anilines is 1. The van der Waals surface area contributed by atoms with Gasteiger partial charge in [-0.3, -0.25) is 4.79 Å². The minimum absolute atomic E-state index is 0.0929. The molecule has 31 heavy (non-hydrogen) atoms. The Labute approximate surface area is 194 Å². The summed E-state index contributed by atoms with van der Waals surface area (Å²) < 4.78 is 5.14. The molecule has 2 aromatic rings. The first-order valence-electron chi connectivity index (χ1n) is 10.4. The van der Waals surface area contributed by atoms with E-state index < -0.39 is 0 Å². The van der Waals surface area contributed by atoms with Crippen molar-refractivity contribution in [2.24, 2.45) is 5.10 Å². The van der Waals surface area contributed by atoms with Crippen molar-refractivity contribution in [3.63, 3.8) is 0 Å². The average Bonchev–Trinajstić information content (AvgIpc) is 2.73. The fourth-order valence-electron chi connectivity index (χ4n) is 4.25. The average molecular weight is 460 g/mol. The van der Waals surface area contributed by atoms with Crippen LogP contribution in [0.5, 0.6) is 5.75 Å². The molecule has 1 N–H and O–H groups in total. The van der Waals surface area contributed by atoms with Gasteiger partial charge in [0.25, 0.3) is 0 Å². The molecule has 0 fully saturated rings. The molecule has 2 aromatic carbocycles. The van der Waals surface area contributed by atoms with Crippen LogP contribution >= 0.6 is 23.4 Å². The third-order valence-electron chi connectivity index (χ3n) is 5.64. The topological polar surface area (TPSA) is 53.9 Å². The highest BCUT2D eigenvalue weighted by molar-refractivity contribution is 8.00. The molecule has 5 nitrogen and oxygen atoms in total. The van der Waals surface area contributed by atoms with Crippen LogP contribution in [0.3, 0.4) is 0 Å². The van der Waals surface area contributed by atoms with E-state index in [1.165, 1.54) is 23.0 Å². The highest BCUT2D eigenvalue weighted by Gasteiger charge is 2.35. The van der Waals surface area contributed by atoms with Crippen molar-refractivity contribution >= 4 is 41.2 Å². The molecule has 0 aliphatic carbocycles. The summed E-state index contributed by atoms with van der Waals surface area (Å²) in [4.78, 5) is 15.5. The van der Waals surface area contributed by atoms with Crippen LogP contribution < -0.4 is 15.1 Å². The van der Waals surface area contributed by atoms with Crippen LogP contribution in [0.15, 0.2) is 46.4 Å². The predicted molar refractivity (Wildman–Crippen MR) is 131 cm³/mol. The van der Waals surface area contributed by atoms with Crippen LogP contribution in [0.2, 0.25) is 5.02 Å². The van der Waals surface area contributed by atoms with Gasteiger partial charge in [-0.05, 0) is 75.1 Å².